The molecule has 2 atom stereocenters. The first-order valence-corrected chi connectivity index (χ1v) is 5.33. The molecule has 0 saturated carbocycles. The molecule has 76 valence electrons. The van der Waals surface area contributed by atoms with Gasteiger partial charge in [-0.25, -0.2) is 0 Å². The van der Waals surface area contributed by atoms with Crippen LogP contribution in [0.15, 0.2) is 0 Å². The Kier molecular flexibility index (Phi) is 3.91. The van der Waals surface area contributed by atoms with Crippen molar-refractivity contribution >= 4 is 5.78 Å². The van der Waals surface area contributed by atoms with Crippen molar-refractivity contribution in [2.45, 2.75) is 46.1 Å². The zero-order chi connectivity index (χ0) is 9.84. The molecule has 1 saturated heterocycles. The van der Waals surface area contributed by atoms with Crippen LogP contribution in [0.2, 0.25) is 0 Å². The van der Waals surface area contributed by atoms with Crippen LogP contribution in [0.5, 0.6) is 0 Å². The fraction of sp³-hybridized carbons (Fsp3) is 0.909. The number of likely N-dealkylation sites (tertiary alicyclic amines) is 1. The Morgan fingerprint density at radius 2 is 2.15 bits per heavy atom. The molecular formula is C11H21NO. The van der Waals surface area contributed by atoms with Crippen LogP contribution in [0.1, 0.15) is 40.0 Å². The summed E-state index contributed by atoms with van der Waals surface area (Å²) in [5, 5.41) is 0. The molecule has 0 spiro atoms. The third kappa shape index (κ3) is 3.47. The van der Waals surface area contributed by atoms with Gasteiger partial charge >= 0.3 is 0 Å². The van der Waals surface area contributed by atoms with Gasteiger partial charge in [-0.05, 0) is 39.2 Å². The second-order valence-corrected chi connectivity index (χ2v) is 4.47. The number of rotatable bonds is 3. The van der Waals surface area contributed by atoms with Gasteiger partial charge in [0, 0.05) is 19.0 Å². The van der Waals surface area contributed by atoms with Gasteiger partial charge in [-0.3, -0.25) is 4.79 Å². The van der Waals surface area contributed by atoms with Gasteiger partial charge in [0.15, 0.2) is 0 Å². The lowest BCUT2D eigenvalue weighted by molar-refractivity contribution is -0.117. The Bertz CT molecular complexity index is 179. The molecule has 13 heavy (non-hydrogen) atoms. The van der Waals surface area contributed by atoms with E-state index in [1.807, 2.05) is 0 Å². The van der Waals surface area contributed by atoms with Crippen LogP contribution >= 0.6 is 0 Å². The quantitative estimate of drug-likeness (QED) is 0.667. The SMILES string of the molecule is CC(=O)CCN1CCC(C)CC1C. The second-order valence-electron chi connectivity index (χ2n) is 4.47. The molecule has 2 unspecified atom stereocenters. The highest BCUT2D eigenvalue weighted by atomic mass is 16.1. The molecule has 1 rings (SSSR count). The molecule has 2 nitrogen and oxygen atoms in total. The topological polar surface area (TPSA) is 20.3 Å². The summed E-state index contributed by atoms with van der Waals surface area (Å²) in [4.78, 5) is 13.3. The monoisotopic (exact) mass is 183 g/mol. The van der Waals surface area contributed by atoms with Crippen LogP contribution in [-0.2, 0) is 4.79 Å². The van der Waals surface area contributed by atoms with Crippen LogP contribution in [0.3, 0.4) is 0 Å². The zero-order valence-corrected chi connectivity index (χ0v) is 9.05. The number of Topliss-reactive ketones (excluding diaryl/α,β-unsaturated/α-hetero) is 1. The molecular weight excluding hydrogens is 162 g/mol. The van der Waals surface area contributed by atoms with E-state index in [4.69, 9.17) is 0 Å². The van der Waals surface area contributed by atoms with E-state index in [9.17, 15) is 4.79 Å². The Hall–Kier alpha value is -0.370. The third-order valence-corrected chi connectivity index (χ3v) is 3.03. The van der Waals surface area contributed by atoms with Crippen molar-refractivity contribution in [3.05, 3.63) is 0 Å². The van der Waals surface area contributed by atoms with Gasteiger partial charge in [0.05, 0.1) is 0 Å². The lowest BCUT2D eigenvalue weighted by atomic mass is 9.93. The minimum Gasteiger partial charge on any atom is -0.300 e. The Morgan fingerprint density at radius 3 is 2.69 bits per heavy atom. The maximum absolute atomic E-state index is 10.8. The van der Waals surface area contributed by atoms with Crippen molar-refractivity contribution in [3.8, 4) is 0 Å². The van der Waals surface area contributed by atoms with Crippen molar-refractivity contribution in [2.24, 2.45) is 5.92 Å². The van der Waals surface area contributed by atoms with Crippen molar-refractivity contribution in [2.75, 3.05) is 13.1 Å². The molecule has 1 aliphatic rings. The lowest BCUT2D eigenvalue weighted by Crippen LogP contribution is -2.41. The van der Waals surface area contributed by atoms with Gasteiger partial charge in [-0.15, -0.1) is 0 Å². The second kappa shape index (κ2) is 4.75. The number of hydrogen-bond acceptors (Lipinski definition) is 2. The summed E-state index contributed by atoms with van der Waals surface area (Å²) in [5.41, 5.74) is 0. The average Bonchev–Trinajstić information content (AvgIpc) is 2.02. The molecule has 0 aromatic rings. The van der Waals surface area contributed by atoms with Gasteiger partial charge in [0.25, 0.3) is 0 Å². The summed E-state index contributed by atoms with van der Waals surface area (Å²) in [6.45, 7) is 8.41. The molecule has 1 fully saturated rings. The Balaban J connectivity index is 2.29. The summed E-state index contributed by atoms with van der Waals surface area (Å²) in [7, 11) is 0. The molecule has 0 aromatic carbocycles. The number of nitrogens with zero attached hydrogens (tertiary/aromatic N) is 1. The van der Waals surface area contributed by atoms with Crippen LogP contribution in [0, 0.1) is 5.92 Å². The first kappa shape index (κ1) is 10.7. The molecule has 2 heteroatoms. The predicted octanol–water partition coefficient (Wildman–Crippen LogP) is 2.09. The van der Waals surface area contributed by atoms with Crippen LogP contribution in [0.4, 0.5) is 0 Å². The van der Waals surface area contributed by atoms with Crippen LogP contribution < -0.4 is 0 Å². The van der Waals surface area contributed by atoms with E-state index in [2.05, 4.69) is 18.7 Å². The number of ketones is 1. The smallest absolute Gasteiger partial charge is 0.131 e. The highest BCUT2D eigenvalue weighted by Gasteiger charge is 2.22. The van der Waals surface area contributed by atoms with Gasteiger partial charge in [-0.1, -0.05) is 6.92 Å². The summed E-state index contributed by atoms with van der Waals surface area (Å²) in [6.07, 6.45) is 3.30. The summed E-state index contributed by atoms with van der Waals surface area (Å²) < 4.78 is 0. The molecule has 0 aromatic heterocycles. The molecule has 1 heterocycles. The average molecular weight is 183 g/mol. The van der Waals surface area contributed by atoms with Crippen molar-refractivity contribution < 1.29 is 4.79 Å². The first-order chi connectivity index (χ1) is 6.09. The zero-order valence-electron chi connectivity index (χ0n) is 9.05. The largest absolute Gasteiger partial charge is 0.300 e. The molecule has 0 aliphatic carbocycles. The maximum Gasteiger partial charge on any atom is 0.131 e. The predicted molar refractivity (Wildman–Crippen MR) is 54.7 cm³/mol. The normalized spacial score (nSPS) is 30.4. The fourth-order valence-electron chi connectivity index (χ4n) is 2.09. The molecule has 0 amide bonds. The maximum atomic E-state index is 10.8. The van der Waals surface area contributed by atoms with Gasteiger partial charge < -0.3 is 4.90 Å². The molecule has 1 aliphatic heterocycles. The number of hydrogen-bond donors (Lipinski definition) is 0. The number of carbonyl (C=O) groups excluding carboxylic acids is 1. The van der Waals surface area contributed by atoms with Crippen molar-refractivity contribution in [1.82, 2.24) is 4.90 Å². The lowest BCUT2D eigenvalue weighted by Gasteiger charge is -2.36. The van der Waals surface area contributed by atoms with E-state index in [1.165, 1.54) is 19.4 Å². The van der Waals surface area contributed by atoms with Gasteiger partial charge in [0.1, 0.15) is 5.78 Å². The molecule has 0 radical (unpaired) electrons. The van der Waals surface area contributed by atoms with Crippen LogP contribution in [-0.4, -0.2) is 29.8 Å². The molecule has 0 N–H and O–H groups in total. The molecule has 0 bridgehead atoms. The number of piperidine rings is 1. The summed E-state index contributed by atoms with van der Waals surface area (Å²) in [6, 6.07) is 0.670. The standard InChI is InChI=1S/C11H21NO/c1-9-4-6-12(10(2)8-9)7-5-11(3)13/h9-10H,4-8H2,1-3H3. The Morgan fingerprint density at radius 1 is 1.46 bits per heavy atom. The van der Waals surface area contributed by atoms with Gasteiger partial charge in [-0.2, -0.15) is 0 Å². The van der Waals surface area contributed by atoms with Crippen molar-refractivity contribution in [1.29, 1.82) is 0 Å². The van der Waals surface area contributed by atoms with E-state index in [0.717, 1.165) is 18.9 Å². The first-order valence-electron chi connectivity index (χ1n) is 5.33. The summed E-state index contributed by atoms with van der Waals surface area (Å²) in [5.74, 6) is 1.18. The van der Waals surface area contributed by atoms with E-state index >= 15 is 0 Å². The number of carbonyl (C=O) groups is 1. The summed E-state index contributed by atoms with van der Waals surface area (Å²) >= 11 is 0. The van der Waals surface area contributed by atoms with E-state index < -0.39 is 0 Å². The van der Waals surface area contributed by atoms with E-state index in [-0.39, 0.29) is 0 Å². The van der Waals surface area contributed by atoms with E-state index in [0.29, 0.717) is 11.8 Å². The van der Waals surface area contributed by atoms with E-state index in [1.54, 1.807) is 6.92 Å². The Labute approximate surface area is 81.3 Å². The minimum absolute atomic E-state index is 0.311. The highest BCUT2D eigenvalue weighted by Crippen LogP contribution is 2.21. The minimum atomic E-state index is 0.311. The third-order valence-electron chi connectivity index (χ3n) is 3.03. The fourth-order valence-corrected chi connectivity index (χ4v) is 2.09. The van der Waals surface area contributed by atoms with Crippen LogP contribution in [0.25, 0.3) is 0 Å². The van der Waals surface area contributed by atoms with Crippen molar-refractivity contribution in [3.63, 3.8) is 0 Å². The highest BCUT2D eigenvalue weighted by molar-refractivity contribution is 5.75. The van der Waals surface area contributed by atoms with Gasteiger partial charge in [0.2, 0.25) is 0 Å².